The van der Waals surface area contributed by atoms with Gasteiger partial charge in [-0.1, -0.05) is 17.7 Å². The summed E-state index contributed by atoms with van der Waals surface area (Å²) >= 11 is 0. The number of amides is 1. The van der Waals surface area contributed by atoms with Crippen molar-refractivity contribution in [3.8, 4) is 0 Å². The van der Waals surface area contributed by atoms with Crippen LogP contribution in [0.25, 0.3) is 0 Å². The zero-order chi connectivity index (χ0) is 17.9. The number of piperidine rings is 1. The van der Waals surface area contributed by atoms with Crippen molar-refractivity contribution in [1.82, 2.24) is 10.2 Å². The molecule has 1 aromatic carbocycles. The number of carboxylic acid groups (broad SMARTS) is 1. The molecule has 1 aliphatic rings. The molecule has 0 aliphatic carbocycles. The first-order valence-electron chi connectivity index (χ1n) is 8.19. The summed E-state index contributed by atoms with van der Waals surface area (Å²) in [4.78, 5) is 25.7. The summed E-state index contributed by atoms with van der Waals surface area (Å²) < 4.78 is 5.07. The lowest BCUT2D eigenvalue weighted by atomic mass is 9.96. The first-order chi connectivity index (χ1) is 11.2. The van der Waals surface area contributed by atoms with Crippen molar-refractivity contribution < 1.29 is 19.4 Å². The fourth-order valence-electron chi connectivity index (χ4n) is 3.35. The average molecular weight is 334 g/mol. The van der Waals surface area contributed by atoms with E-state index in [4.69, 9.17) is 9.84 Å². The highest BCUT2D eigenvalue weighted by Crippen LogP contribution is 2.24. The highest BCUT2D eigenvalue weighted by atomic mass is 16.7. The van der Waals surface area contributed by atoms with Crippen LogP contribution in [0.3, 0.4) is 0 Å². The first-order valence-corrected chi connectivity index (χ1v) is 8.19. The maximum atomic E-state index is 12.5. The van der Waals surface area contributed by atoms with Crippen LogP contribution in [0.15, 0.2) is 12.1 Å². The molecular formula is C18H26N2O4. The van der Waals surface area contributed by atoms with Crippen LogP contribution in [0.5, 0.6) is 0 Å². The molecular weight excluding hydrogens is 308 g/mol. The van der Waals surface area contributed by atoms with Crippen LogP contribution >= 0.6 is 0 Å². The molecule has 2 N–H and O–H groups in total. The van der Waals surface area contributed by atoms with Gasteiger partial charge in [0.15, 0.2) is 5.72 Å². The Labute approximate surface area is 142 Å². The maximum absolute atomic E-state index is 12.5. The predicted molar refractivity (Wildman–Crippen MR) is 91.1 cm³/mol. The number of aryl methyl sites for hydroxylation is 3. The lowest BCUT2D eigenvalue weighted by molar-refractivity contribution is -0.133. The van der Waals surface area contributed by atoms with E-state index in [-0.39, 0.29) is 12.3 Å². The summed E-state index contributed by atoms with van der Waals surface area (Å²) in [5, 5.41) is 11.9. The van der Waals surface area contributed by atoms with E-state index in [1.807, 2.05) is 27.8 Å². The minimum Gasteiger partial charge on any atom is -0.450 e. The molecule has 6 heteroatoms. The monoisotopic (exact) mass is 334 g/mol. The van der Waals surface area contributed by atoms with E-state index in [0.717, 1.165) is 22.3 Å². The fourth-order valence-corrected chi connectivity index (χ4v) is 3.35. The van der Waals surface area contributed by atoms with Crippen molar-refractivity contribution in [3.05, 3.63) is 34.4 Å². The normalized spacial score (nSPS) is 17.3. The lowest BCUT2D eigenvalue weighted by Gasteiger charge is -2.39. The second kappa shape index (κ2) is 7.21. The van der Waals surface area contributed by atoms with Gasteiger partial charge >= 0.3 is 6.16 Å². The van der Waals surface area contributed by atoms with E-state index >= 15 is 0 Å². The Kier molecular flexibility index (Phi) is 5.49. The van der Waals surface area contributed by atoms with Crippen LogP contribution in [0, 0.1) is 20.8 Å². The number of nitrogens with zero attached hydrogens (tertiary/aromatic N) is 1. The first kappa shape index (κ1) is 18.3. The number of carbonyl (C=O) groups is 2. The zero-order valence-corrected chi connectivity index (χ0v) is 14.8. The van der Waals surface area contributed by atoms with Crippen molar-refractivity contribution in [2.75, 3.05) is 20.1 Å². The topological polar surface area (TPSA) is 78.9 Å². The number of carbonyl (C=O) groups excluding carboxylic acids is 1. The Hall–Kier alpha value is -2.08. The molecule has 0 radical (unpaired) electrons. The molecule has 0 bridgehead atoms. The second-order valence-electron chi connectivity index (χ2n) is 6.77. The quantitative estimate of drug-likeness (QED) is 0.653. The van der Waals surface area contributed by atoms with Gasteiger partial charge in [0.25, 0.3) is 0 Å². The van der Waals surface area contributed by atoms with Gasteiger partial charge in [-0.15, -0.1) is 0 Å². The Balaban J connectivity index is 2.12. The third kappa shape index (κ3) is 4.47. The summed E-state index contributed by atoms with van der Waals surface area (Å²) in [6.07, 6.45) is -0.234. The van der Waals surface area contributed by atoms with Gasteiger partial charge in [0.2, 0.25) is 5.91 Å². The summed E-state index contributed by atoms with van der Waals surface area (Å²) in [6.45, 7) is 7.35. The molecule has 1 aromatic rings. The molecule has 0 atom stereocenters. The second-order valence-corrected chi connectivity index (χ2v) is 6.77. The molecule has 24 heavy (non-hydrogen) atoms. The minimum absolute atomic E-state index is 0.212. The number of benzene rings is 1. The van der Waals surface area contributed by atoms with E-state index in [0.29, 0.717) is 25.9 Å². The molecule has 0 saturated carbocycles. The number of nitrogens with one attached hydrogen (secondary N) is 1. The van der Waals surface area contributed by atoms with Crippen LogP contribution in [0.1, 0.15) is 35.1 Å². The van der Waals surface area contributed by atoms with Gasteiger partial charge in [0, 0.05) is 25.9 Å². The summed E-state index contributed by atoms with van der Waals surface area (Å²) in [6, 6.07) is 4.10. The molecule has 1 fully saturated rings. The standard InChI is InChI=1S/C18H26N2O4/c1-12-9-13(2)15(14(3)10-12)11-16(21)19-18(24-17(22)23)5-7-20(4)8-6-18/h9-10H,5-8,11H2,1-4H3,(H,19,21)(H,22,23). The summed E-state index contributed by atoms with van der Waals surface area (Å²) in [7, 11) is 1.96. The van der Waals surface area contributed by atoms with Gasteiger partial charge in [-0.25, -0.2) is 4.79 Å². The SMILES string of the molecule is Cc1cc(C)c(CC(=O)NC2(OC(=O)O)CCN(C)CC2)c(C)c1. The highest BCUT2D eigenvalue weighted by Gasteiger charge is 2.39. The van der Waals surface area contributed by atoms with Crippen molar-refractivity contribution in [2.45, 2.75) is 45.8 Å². The van der Waals surface area contributed by atoms with Crippen LogP contribution in [-0.2, 0) is 16.0 Å². The van der Waals surface area contributed by atoms with Gasteiger partial charge in [0.05, 0.1) is 6.42 Å². The molecule has 1 heterocycles. The van der Waals surface area contributed by atoms with Gasteiger partial charge in [-0.2, -0.15) is 0 Å². The zero-order valence-electron chi connectivity index (χ0n) is 14.8. The third-order valence-corrected chi connectivity index (χ3v) is 4.62. The smallest absolute Gasteiger partial charge is 0.450 e. The molecule has 1 saturated heterocycles. The fraction of sp³-hybridized carbons (Fsp3) is 0.556. The molecule has 1 aliphatic heterocycles. The average Bonchev–Trinajstić information content (AvgIpc) is 2.45. The molecule has 1 amide bonds. The summed E-state index contributed by atoms with van der Waals surface area (Å²) in [5.41, 5.74) is 3.16. The van der Waals surface area contributed by atoms with Crippen molar-refractivity contribution in [1.29, 1.82) is 0 Å². The summed E-state index contributed by atoms with van der Waals surface area (Å²) in [5.74, 6) is -0.212. The minimum atomic E-state index is -1.36. The molecule has 0 spiro atoms. The van der Waals surface area contributed by atoms with Crippen molar-refractivity contribution in [3.63, 3.8) is 0 Å². The number of hydrogen-bond donors (Lipinski definition) is 2. The maximum Gasteiger partial charge on any atom is 0.507 e. The molecule has 0 aromatic heterocycles. The van der Waals surface area contributed by atoms with Crippen LogP contribution < -0.4 is 5.32 Å². The number of likely N-dealkylation sites (tertiary alicyclic amines) is 1. The lowest BCUT2D eigenvalue weighted by Crippen LogP contribution is -2.57. The van der Waals surface area contributed by atoms with E-state index < -0.39 is 11.9 Å². The largest absolute Gasteiger partial charge is 0.507 e. The van der Waals surface area contributed by atoms with E-state index in [2.05, 4.69) is 22.3 Å². The van der Waals surface area contributed by atoms with E-state index in [1.165, 1.54) is 0 Å². The van der Waals surface area contributed by atoms with Gasteiger partial charge in [-0.3, -0.25) is 4.79 Å². The number of rotatable bonds is 4. The Bertz CT molecular complexity index is 611. The van der Waals surface area contributed by atoms with E-state index in [1.54, 1.807) is 0 Å². The van der Waals surface area contributed by atoms with Crippen LogP contribution in [0.4, 0.5) is 4.79 Å². The molecule has 0 unspecified atom stereocenters. The Morgan fingerprint density at radius 1 is 1.21 bits per heavy atom. The molecule has 6 nitrogen and oxygen atoms in total. The third-order valence-electron chi connectivity index (χ3n) is 4.62. The molecule has 2 rings (SSSR count). The predicted octanol–water partition coefficient (Wildman–Crippen LogP) is 2.39. The van der Waals surface area contributed by atoms with Crippen molar-refractivity contribution in [2.24, 2.45) is 0 Å². The van der Waals surface area contributed by atoms with Crippen LogP contribution in [0.2, 0.25) is 0 Å². The van der Waals surface area contributed by atoms with Gasteiger partial charge in [0.1, 0.15) is 0 Å². The van der Waals surface area contributed by atoms with Crippen LogP contribution in [-0.4, -0.2) is 47.9 Å². The van der Waals surface area contributed by atoms with Crippen molar-refractivity contribution >= 4 is 12.1 Å². The Morgan fingerprint density at radius 3 is 2.25 bits per heavy atom. The number of ether oxygens (including phenoxy) is 1. The van der Waals surface area contributed by atoms with E-state index in [9.17, 15) is 9.59 Å². The van der Waals surface area contributed by atoms with Gasteiger partial charge < -0.3 is 20.1 Å². The van der Waals surface area contributed by atoms with Gasteiger partial charge in [-0.05, 0) is 44.5 Å². The highest BCUT2D eigenvalue weighted by molar-refractivity contribution is 5.80. The Morgan fingerprint density at radius 2 is 1.75 bits per heavy atom. The molecule has 132 valence electrons. The number of hydrogen-bond acceptors (Lipinski definition) is 4.